The van der Waals surface area contributed by atoms with Crippen molar-refractivity contribution in [3.8, 4) is 6.07 Å². The Bertz CT molecular complexity index is 873. The third-order valence-corrected chi connectivity index (χ3v) is 4.48. The normalized spacial score (nSPS) is 17.3. The zero-order valence-electron chi connectivity index (χ0n) is 14.4. The molecule has 0 aromatic heterocycles. The molecule has 3 rings (SSSR count). The second kappa shape index (κ2) is 7.36. The third-order valence-electron chi connectivity index (χ3n) is 4.48. The first kappa shape index (κ1) is 17.6. The van der Waals surface area contributed by atoms with E-state index in [-0.39, 0.29) is 30.7 Å². The molecule has 5 nitrogen and oxygen atoms in total. The maximum absolute atomic E-state index is 13.3. The quantitative estimate of drug-likeness (QED) is 0.850. The molecule has 1 saturated heterocycles. The molecule has 0 spiro atoms. The van der Waals surface area contributed by atoms with Crippen molar-refractivity contribution in [3.63, 3.8) is 0 Å². The number of piperazine rings is 1. The molecule has 0 bridgehead atoms. The predicted molar refractivity (Wildman–Crippen MR) is 93.0 cm³/mol. The van der Waals surface area contributed by atoms with Crippen LogP contribution in [0.25, 0.3) is 0 Å². The van der Waals surface area contributed by atoms with Gasteiger partial charge in [-0.25, -0.2) is 4.39 Å². The van der Waals surface area contributed by atoms with Gasteiger partial charge in [0.2, 0.25) is 11.8 Å². The van der Waals surface area contributed by atoms with E-state index >= 15 is 0 Å². The molecule has 0 saturated carbocycles. The maximum atomic E-state index is 13.3. The van der Waals surface area contributed by atoms with Gasteiger partial charge in [0.25, 0.3) is 0 Å². The Kier molecular flexibility index (Phi) is 4.99. The first-order valence-corrected chi connectivity index (χ1v) is 8.29. The van der Waals surface area contributed by atoms with Crippen LogP contribution in [0.4, 0.5) is 4.39 Å². The van der Waals surface area contributed by atoms with Gasteiger partial charge in [0.15, 0.2) is 0 Å². The summed E-state index contributed by atoms with van der Waals surface area (Å²) in [6.07, 6.45) is 0. The van der Waals surface area contributed by atoms with Crippen molar-refractivity contribution in [1.82, 2.24) is 9.80 Å². The molecule has 1 heterocycles. The zero-order chi connectivity index (χ0) is 18.7. The number of amides is 2. The molecule has 0 N–H and O–H groups in total. The van der Waals surface area contributed by atoms with E-state index in [1.165, 1.54) is 21.9 Å². The number of nitriles is 1. The minimum atomic E-state index is -0.597. The average molecular weight is 351 g/mol. The largest absolute Gasteiger partial charge is 0.327 e. The molecule has 2 aromatic carbocycles. The fourth-order valence-corrected chi connectivity index (χ4v) is 3.04. The lowest BCUT2D eigenvalue weighted by Gasteiger charge is -2.38. The molecule has 26 heavy (non-hydrogen) atoms. The van der Waals surface area contributed by atoms with Crippen molar-refractivity contribution in [2.24, 2.45) is 0 Å². The summed E-state index contributed by atoms with van der Waals surface area (Å²) in [7, 11) is 0. The van der Waals surface area contributed by atoms with E-state index in [9.17, 15) is 14.0 Å². The fraction of sp³-hybridized carbons (Fsp3) is 0.250. The maximum Gasteiger partial charge on any atom is 0.245 e. The topological polar surface area (TPSA) is 64.4 Å². The highest BCUT2D eigenvalue weighted by Gasteiger charge is 2.36. The Hall–Kier alpha value is -3.20. The molecule has 0 aliphatic carbocycles. The van der Waals surface area contributed by atoms with Crippen LogP contribution in [0, 0.1) is 17.1 Å². The molecule has 1 fully saturated rings. The minimum absolute atomic E-state index is 0.0318. The highest BCUT2D eigenvalue weighted by Crippen LogP contribution is 2.19. The molecular weight excluding hydrogens is 333 g/mol. The van der Waals surface area contributed by atoms with E-state index in [0.29, 0.717) is 17.7 Å². The lowest BCUT2D eigenvalue weighted by Crippen LogP contribution is -2.57. The summed E-state index contributed by atoms with van der Waals surface area (Å²) >= 11 is 0. The van der Waals surface area contributed by atoms with Crippen molar-refractivity contribution in [2.75, 3.05) is 6.54 Å². The van der Waals surface area contributed by atoms with Crippen LogP contribution in [0.15, 0.2) is 48.5 Å². The van der Waals surface area contributed by atoms with Crippen molar-refractivity contribution in [1.29, 1.82) is 5.26 Å². The highest BCUT2D eigenvalue weighted by atomic mass is 19.1. The van der Waals surface area contributed by atoms with Gasteiger partial charge in [-0.2, -0.15) is 5.26 Å². The lowest BCUT2D eigenvalue weighted by molar-refractivity contribution is -0.156. The van der Waals surface area contributed by atoms with Crippen molar-refractivity contribution < 1.29 is 14.0 Å². The second-order valence-corrected chi connectivity index (χ2v) is 6.33. The average Bonchev–Trinajstić information content (AvgIpc) is 2.64. The van der Waals surface area contributed by atoms with Crippen LogP contribution >= 0.6 is 0 Å². The van der Waals surface area contributed by atoms with E-state index < -0.39 is 6.04 Å². The van der Waals surface area contributed by atoms with Gasteiger partial charge in [-0.1, -0.05) is 24.3 Å². The summed E-state index contributed by atoms with van der Waals surface area (Å²) < 4.78 is 13.3. The second-order valence-electron chi connectivity index (χ2n) is 6.33. The van der Waals surface area contributed by atoms with Gasteiger partial charge in [-0.05, 0) is 42.3 Å². The van der Waals surface area contributed by atoms with Gasteiger partial charge < -0.3 is 9.80 Å². The van der Waals surface area contributed by atoms with E-state index in [4.69, 9.17) is 5.26 Å². The van der Waals surface area contributed by atoms with Gasteiger partial charge in [0.05, 0.1) is 11.6 Å². The summed E-state index contributed by atoms with van der Waals surface area (Å²) in [5.74, 6) is -0.686. The zero-order valence-corrected chi connectivity index (χ0v) is 14.4. The van der Waals surface area contributed by atoms with E-state index in [1.807, 2.05) is 6.07 Å². The van der Waals surface area contributed by atoms with Crippen LogP contribution in [-0.2, 0) is 22.7 Å². The number of nitrogens with zero attached hydrogens (tertiary/aromatic N) is 3. The molecule has 1 aliphatic rings. The fourth-order valence-electron chi connectivity index (χ4n) is 3.04. The Labute approximate surface area is 151 Å². The first-order chi connectivity index (χ1) is 12.5. The van der Waals surface area contributed by atoms with E-state index in [1.54, 1.807) is 43.3 Å². The van der Waals surface area contributed by atoms with E-state index in [0.717, 1.165) is 5.56 Å². The van der Waals surface area contributed by atoms with Gasteiger partial charge in [0, 0.05) is 13.1 Å². The van der Waals surface area contributed by atoms with Crippen LogP contribution < -0.4 is 0 Å². The monoisotopic (exact) mass is 351 g/mol. The number of hydrogen-bond donors (Lipinski definition) is 0. The van der Waals surface area contributed by atoms with Gasteiger partial charge in [-0.3, -0.25) is 9.59 Å². The van der Waals surface area contributed by atoms with Crippen LogP contribution in [0.3, 0.4) is 0 Å². The van der Waals surface area contributed by atoms with Crippen molar-refractivity contribution >= 4 is 11.8 Å². The molecule has 1 atom stereocenters. The Balaban J connectivity index is 1.71. The molecule has 132 valence electrons. The van der Waals surface area contributed by atoms with Gasteiger partial charge in [0.1, 0.15) is 18.4 Å². The summed E-state index contributed by atoms with van der Waals surface area (Å²) in [6, 6.07) is 14.4. The number of rotatable bonds is 4. The van der Waals surface area contributed by atoms with Crippen molar-refractivity contribution in [2.45, 2.75) is 26.1 Å². The van der Waals surface area contributed by atoms with Crippen LogP contribution in [0.2, 0.25) is 0 Å². The summed E-state index contributed by atoms with van der Waals surface area (Å²) in [4.78, 5) is 28.2. The Morgan fingerprint density at radius 1 is 1.12 bits per heavy atom. The summed E-state index contributed by atoms with van der Waals surface area (Å²) in [6.45, 7) is 2.18. The number of carbonyl (C=O) groups excluding carboxylic acids is 2. The number of carbonyl (C=O) groups is 2. The highest BCUT2D eigenvalue weighted by molar-refractivity contribution is 5.94. The SMILES string of the molecule is C[C@H]1C(=O)N(Cc2cccc(F)c2)CC(=O)N1Cc1ccc(C#N)cc1. The number of benzene rings is 2. The number of hydrogen-bond acceptors (Lipinski definition) is 3. The smallest absolute Gasteiger partial charge is 0.245 e. The Morgan fingerprint density at radius 2 is 1.85 bits per heavy atom. The van der Waals surface area contributed by atoms with E-state index in [2.05, 4.69) is 0 Å². The Morgan fingerprint density at radius 3 is 2.50 bits per heavy atom. The summed E-state index contributed by atoms with van der Waals surface area (Å²) in [5, 5.41) is 8.85. The van der Waals surface area contributed by atoms with Crippen LogP contribution in [-0.4, -0.2) is 34.2 Å². The molecule has 1 aliphatic heterocycles. The molecule has 0 unspecified atom stereocenters. The lowest BCUT2D eigenvalue weighted by atomic mass is 10.1. The first-order valence-electron chi connectivity index (χ1n) is 8.29. The molecule has 2 amide bonds. The summed E-state index contributed by atoms with van der Waals surface area (Å²) in [5.41, 5.74) is 2.05. The molecular formula is C20H18FN3O2. The minimum Gasteiger partial charge on any atom is -0.327 e. The molecule has 0 radical (unpaired) electrons. The van der Waals surface area contributed by atoms with Crippen LogP contribution in [0.5, 0.6) is 0 Å². The number of halogens is 1. The van der Waals surface area contributed by atoms with Crippen LogP contribution in [0.1, 0.15) is 23.6 Å². The standard InChI is InChI=1S/C20H18FN3O2/c1-14-20(26)23(11-17-3-2-4-18(21)9-17)13-19(25)24(14)12-16-7-5-15(10-22)6-8-16/h2-9,14H,11-13H2,1H3/t14-/m0/s1. The predicted octanol–water partition coefficient (Wildman–Crippen LogP) is 2.46. The third kappa shape index (κ3) is 3.72. The molecule has 6 heteroatoms. The van der Waals surface area contributed by atoms with Crippen molar-refractivity contribution in [3.05, 3.63) is 71.0 Å². The van der Waals surface area contributed by atoms with Gasteiger partial charge in [-0.15, -0.1) is 0 Å². The molecule has 2 aromatic rings. The van der Waals surface area contributed by atoms with Gasteiger partial charge >= 0.3 is 0 Å².